The third-order valence-electron chi connectivity index (χ3n) is 4.08. The fraction of sp³-hybridized carbons (Fsp3) is 0.706. The van der Waals surface area contributed by atoms with Gasteiger partial charge >= 0.3 is 0 Å². The summed E-state index contributed by atoms with van der Waals surface area (Å²) in [5.74, 6) is 0.362. The van der Waals surface area contributed by atoms with E-state index in [1.165, 1.54) is 12.8 Å². The lowest BCUT2D eigenvalue weighted by Crippen LogP contribution is -2.36. The molecule has 118 valence electrons. The van der Waals surface area contributed by atoms with Crippen molar-refractivity contribution in [1.29, 1.82) is 0 Å². The highest BCUT2D eigenvalue weighted by Crippen LogP contribution is 2.26. The van der Waals surface area contributed by atoms with Crippen LogP contribution >= 0.6 is 0 Å². The van der Waals surface area contributed by atoms with Crippen LogP contribution in [0, 0.1) is 5.82 Å². The van der Waals surface area contributed by atoms with Crippen molar-refractivity contribution in [3.63, 3.8) is 0 Å². The Balaban J connectivity index is 2.20. The fourth-order valence-corrected chi connectivity index (χ4v) is 2.76. The first-order valence-electron chi connectivity index (χ1n) is 8.03. The van der Waals surface area contributed by atoms with Crippen molar-refractivity contribution < 1.29 is 4.39 Å². The maximum atomic E-state index is 14.8. The smallest absolute Gasteiger partial charge is 0.170 e. The molecule has 0 bridgehead atoms. The van der Waals surface area contributed by atoms with Crippen LogP contribution in [0.5, 0.6) is 0 Å². The molecule has 0 amide bonds. The predicted molar refractivity (Wildman–Crippen MR) is 86.1 cm³/mol. The Morgan fingerprint density at radius 3 is 2.81 bits per heavy atom. The van der Waals surface area contributed by atoms with Crippen LogP contribution in [0.15, 0.2) is 12.3 Å². The molecule has 0 spiro atoms. The second kappa shape index (κ2) is 6.73. The SMILES string of the molecule is CC1CCCCCN1c1nccc(CNC(C)(C)C)c1F. The van der Waals surface area contributed by atoms with E-state index in [2.05, 4.69) is 42.9 Å². The Bertz CT molecular complexity index is 468. The van der Waals surface area contributed by atoms with Crippen LogP contribution in [-0.4, -0.2) is 23.1 Å². The third-order valence-corrected chi connectivity index (χ3v) is 4.08. The molecule has 1 fully saturated rings. The topological polar surface area (TPSA) is 28.2 Å². The summed E-state index contributed by atoms with van der Waals surface area (Å²) >= 11 is 0. The Labute approximate surface area is 127 Å². The zero-order valence-corrected chi connectivity index (χ0v) is 13.7. The third kappa shape index (κ3) is 4.40. The van der Waals surface area contributed by atoms with Gasteiger partial charge in [0, 0.05) is 36.4 Å². The van der Waals surface area contributed by atoms with E-state index in [4.69, 9.17) is 0 Å². The lowest BCUT2D eigenvalue weighted by atomic mass is 10.1. The number of hydrogen-bond donors (Lipinski definition) is 1. The van der Waals surface area contributed by atoms with Crippen molar-refractivity contribution in [2.24, 2.45) is 0 Å². The predicted octanol–water partition coefficient (Wildman–Crippen LogP) is 3.88. The molecule has 1 aliphatic heterocycles. The molecule has 2 heterocycles. The van der Waals surface area contributed by atoms with E-state index in [-0.39, 0.29) is 11.4 Å². The number of rotatable bonds is 3. The summed E-state index contributed by atoms with van der Waals surface area (Å²) in [6.07, 6.45) is 6.43. The van der Waals surface area contributed by atoms with Crippen LogP contribution < -0.4 is 10.2 Å². The van der Waals surface area contributed by atoms with E-state index in [0.29, 0.717) is 24.0 Å². The first-order valence-corrected chi connectivity index (χ1v) is 8.03. The van der Waals surface area contributed by atoms with E-state index in [9.17, 15) is 4.39 Å². The molecule has 1 saturated heterocycles. The molecular weight excluding hydrogens is 265 g/mol. The quantitative estimate of drug-likeness (QED) is 0.916. The number of nitrogens with one attached hydrogen (secondary N) is 1. The van der Waals surface area contributed by atoms with E-state index in [1.54, 1.807) is 12.3 Å². The highest BCUT2D eigenvalue weighted by atomic mass is 19.1. The van der Waals surface area contributed by atoms with Crippen molar-refractivity contribution in [2.75, 3.05) is 11.4 Å². The maximum absolute atomic E-state index is 14.8. The highest BCUT2D eigenvalue weighted by molar-refractivity contribution is 5.44. The van der Waals surface area contributed by atoms with Crippen molar-refractivity contribution in [1.82, 2.24) is 10.3 Å². The van der Waals surface area contributed by atoms with Crippen molar-refractivity contribution >= 4 is 5.82 Å². The molecule has 0 saturated carbocycles. The van der Waals surface area contributed by atoms with Crippen LogP contribution in [0.2, 0.25) is 0 Å². The Hall–Kier alpha value is -1.16. The van der Waals surface area contributed by atoms with Crippen molar-refractivity contribution in [2.45, 2.75) is 71.5 Å². The van der Waals surface area contributed by atoms with Crippen LogP contribution in [0.3, 0.4) is 0 Å². The standard InChI is InChI=1S/C17H28FN3/c1-13-8-6-5-7-11-21(13)16-15(18)14(9-10-19-16)12-20-17(2,3)4/h9-10,13,20H,5-8,11-12H2,1-4H3. The van der Waals surface area contributed by atoms with E-state index in [1.807, 2.05) is 0 Å². The zero-order valence-electron chi connectivity index (χ0n) is 13.7. The van der Waals surface area contributed by atoms with Crippen molar-refractivity contribution in [3.8, 4) is 0 Å². The summed E-state index contributed by atoms with van der Waals surface area (Å²) in [7, 11) is 0. The molecule has 2 rings (SSSR count). The molecule has 1 aliphatic rings. The molecule has 3 nitrogen and oxygen atoms in total. The normalized spacial score (nSPS) is 20.4. The van der Waals surface area contributed by atoms with Gasteiger partial charge in [0.15, 0.2) is 11.6 Å². The molecule has 0 aromatic carbocycles. The number of hydrogen-bond acceptors (Lipinski definition) is 3. The molecular formula is C17H28FN3. The Kier molecular flexibility index (Phi) is 5.20. The molecule has 1 atom stereocenters. The summed E-state index contributed by atoms with van der Waals surface area (Å²) in [6.45, 7) is 9.87. The van der Waals surface area contributed by atoms with Gasteiger partial charge in [0.1, 0.15) is 0 Å². The maximum Gasteiger partial charge on any atom is 0.170 e. The van der Waals surface area contributed by atoms with Gasteiger partial charge in [-0.05, 0) is 46.6 Å². The van der Waals surface area contributed by atoms with E-state index in [0.717, 1.165) is 19.4 Å². The van der Waals surface area contributed by atoms with Gasteiger partial charge in [-0.2, -0.15) is 0 Å². The summed E-state index contributed by atoms with van der Waals surface area (Å²) in [5, 5.41) is 3.35. The highest BCUT2D eigenvalue weighted by Gasteiger charge is 2.23. The number of anilines is 1. The minimum Gasteiger partial charge on any atom is -0.351 e. The van der Waals surface area contributed by atoms with Crippen molar-refractivity contribution in [3.05, 3.63) is 23.6 Å². The van der Waals surface area contributed by atoms with Crippen LogP contribution in [0.1, 0.15) is 58.9 Å². The summed E-state index contributed by atoms with van der Waals surface area (Å²) in [5.41, 5.74) is 0.678. The minimum absolute atomic E-state index is 0.0221. The average Bonchev–Trinajstić information content (AvgIpc) is 2.61. The van der Waals surface area contributed by atoms with Gasteiger partial charge in [-0.1, -0.05) is 12.8 Å². The Morgan fingerprint density at radius 2 is 2.10 bits per heavy atom. The molecule has 1 aromatic rings. The largest absolute Gasteiger partial charge is 0.351 e. The Morgan fingerprint density at radius 1 is 1.33 bits per heavy atom. The first kappa shape index (κ1) is 16.2. The molecule has 1 N–H and O–H groups in total. The van der Waals surface area contributed by atoms with Crippen LogP contribution in [0.25, 0.3) is 0 Å². The van der Waals surface area contributed by atoms with Gasteiger partial charge in [-0.3, -0.25) is 0 Å². The average molecular weight is 293 g/mol. The minimum atomic E-state index is -0.164. The van der Waals surface area contributed by atoms with Gasteiger partial charge in [-0.25, -0.2) is 9.37 Å². The monoisotopic (exact) mass is 293 g/mol. The molecule has 4 heteroatoms. The first-order chi connectivity index (χ1) is 9.88. The second-order valence-corrected chi connectivity index (χ2v) is 7.10. The summed E-state index contributed by atoms with van der Waals surface area (Å²) in [6, 6.07) is 2.14. The number of pyridine rings is 1. The lowest BCUT2D eigenvalue weighted by molar-refractivity contribution is 0.418. The summed E-state index contributed by atoms with van der Waals surface area (Å²) in [4.78, 5) is 6.46. The molecule has 1 aromatic heterocycles. The van der Waals surface area contributed by atoms with Gasteiger partial charge in [0.25, 0.3) is 0 Å². The van der Waals surface area contributed by atoms with E-state index >= 15 is 0 Å². The van der Waals surface area contributed by atoms with Gasteiger partial charge in [-0.15, -0.1) is 0 Å². The number of aromatic nitrogens is 1. The van der Waals surface area contributed by atoms with E-state index < -0.39 is 0 Å². The summed E-state index contributed by atoms with van der Waals surface area (Å²) < 4.78 is 14.8. The number of halogens is 1. The van der Waals surface area contributed by atoms with Crippen LogP contribution in [-0.2, 0) is 6.54 Å². The number of nitrogens with zero attached hydrogens (tertiary/aromatic N) is 2. The van der Waals surface area contributed by atoms with Gasteiger partial charge in [0.05, 0.1) is 0 Å². The lowest BCUT2D eigenvalue weighted by Gasteiger charge is -2.29. The molecule has 0 aliphatic carbocycles. The molecule has 1 unspecified atom stereocenters. The zero-order chi connectivity index (χ0) is 15.5. The molecule has 21 heavy (non-hydrogen) atoms. The molecule has 0 radical (unpaired) electrons. The van der Waals surface area contributed by atoms with Gasteiger partial charge in [0.2, 0.25) is 0 Å². The van der Waals surface area contributed by atoms with Gasteiger partial charge < -0.3 is 10.2 Å². The fourth-order valence-electron chi connectivity index (χ4n) is 2.76. The van der Waals surface area contributed by atoms with Crippen LogP contribution in [0.4, 0.5) is 10.2 Å². The second-order valence-electron chi connectivity index (χ2n) is 7.10.